The largest absolute Gasteiger partial charge is 0.374 e. The molecule has 0 saturated carbocycles. The summed E-state index contributed by atoms with van der Waals surface area (Å²) in [5, 5.41) is 0.452. The minimum absolute atomic E-state index is 0.268. The molecule has 0 N–H and O–H groups in total. The molecular formula is C14H16ClNO3. The molecule has 1 aromatic rings. The first kappa shape index (κ1) is 14.0. The monoisotopic (exact) mass is 281 g/mol. The summed E-state index contributed by atoms with van der Waals surface area (Å²) in [4.78, 5) is 25.2. The van der Waals surface area contributed by atoms with Crippen LogP contribution in [0.15, 0.2) is 18.2 Å². The number of carbonyl (C=O) groups is 2. The van der Waals surface area contributed by atoms with E-state index < -0.39 is 11.7 Å². The van der Waals surface area contributed by atoms with Gasteiger partial charge in [0.1, 0.15) is 0 Å². The molecule has 0 saturated heterocycles. The van der Waals surface area contributed by atoms with Gasteiger partial charge in [0.25, 0.3) is 11.7 Å². The van der Waals surface area contributed by atoms with Crippen LogP contribution in [-0.2, 0) is 9.53 Å². The number of hydrogen-bond acceptors (Lipinski definition) is 3. The van der Waals surface area contributed by atoms with E-state index in [4.69, 9.17) is 16.3 Å². The fraction of sp³-hybridized carbons (Fsp3) is 0.429. The van der Waals surface area contributed by atoms with Crippen molar-refractivity contribution in [1.29, 1.82) is 0 Å². The zero-order chi connectivity index (χ0) is 14.2. The Labute approximate surface area is 117 Å². The van der Waals surface area contributed by atoms with Crippen molar-refractivity contribution in [3.63, 3.8) is 0 Å². The Balaban J connectivity index is 2.15. The van der Waals surface area contributed by atoms with Crippen LogP contribution < -0.4 is 4.90 Å². The van der Waals surface area contributed by atoms with Crippen LogP contribution in [0.3, 0.4) is 0 Å². The standard InChI is InChI=1S/C14H16ClNO3/c1-14(2,3)19-7-6-16-11-5-4-9(15)8-10(11)12(17)13(16)18/h4-5,8H,6-7H2,1-3H3. The number of nitrogens with zero attached hydrogens (tertiary/aromatic N) is 1. The molecule has 0 atom stereocenters. The zero-order valence-corrected chi connectivity index (χ0v) is 12.0. The average molecular weight is 282 g/mol. The first-order valence-corrected chi connectivity index (χ1v) is 6.47. The lowest BCUT2D eigenvalue weighted by molar-refractivity contribution is -0.114. The summed E-state index contributed by atoms with van der Waals surface area (Å²) >= 11 is 5.84. The van der Waals surface area contributed by atoms with Crippen molar-refractivity contribution in [3.05, 3.63) is 28.8 Å². The van der Waals surface area contributed by atoms with Crippen molar-refractivity contribution in [2.75, 3.05) is 18.1 Å². The van der Waals surface area contributed by atoms with Gasteiger partial charge in [0.15, 0.2) is 0 Å². The highest BCUT2D eigenvalue weighted by Crippen LogP contribution is 2.31. The van der Waals surface area contributed by atoms with Crippen LogP contribution in [0.4, 0.5) is 5.69 Å². The number of carbonyl (C=O) groups excluding carboxylic acids is 2. The van der Waals surface area contributed by atoms with Crippen LogP contribution in [0, 0.1) is 0 Å². The van der Waals surface area contributed by atoms with E-state index in [1.807, 2.05) is 20.8 Å². The van der Waals surface area contributed by atoms with Crippen LogP contribution in [0.2, 0.25) is 5.02 Å². The molecule has 0 aliphatic carbocycles. The van der Waals surface area contributed by atoms with Crippen LogP contribution >= 0.6 is 11.6 Å². The molecule has 1 heterocycles. The molecule has 1 aliphatic rings. The minimum Gasteiger partial charge on any atom is -0.374 e. The van der Waals surface area contributed by atoms with Crippen molar-refractivity contribution < 1.29 is 14.3 Å². The molecular weight excluding hydrogens is 266 g/mol. The SMILES string of the molecule is CC(C)(C)OCCN1C(=O)C(=O)c2cc(Cl)ccc21. The lowest BCUT2D eigenvalue weighted by Gasteiger charge is -2.22. The Hall–Kier alpha value is -1.39. The number of amides is 1. The second-order valence-electron chi connectivity index (χ2n) is 5.41. The van der Waals surface area contributed by atoms with Gasteiger partial charge in [-0.15, -0.1) is 0 Å². The van der Waals surface area contributed by atoms with Gasteiger partial charge in [-0.05, 0) is 39.0 Å². The van der Waals surface area contributed by atoms with E-state index in [0.29, 0.717) is 29.4 Å². The van der Waals surface area contributed by atoms with Crippen molar-refractivity contribution >= 4 is 29.0 Å². The molecule has 0 unspecified atom stereocenters. The number of ketones is 1. The molecule has 2 rings (SSSR count). The quantitative estimate of drug-likeness (QED) is 0.800. The summed E-state index contributed by atoms with van der Waals surface area (Å²) in [7, 11) is 0. The van der Waals surface area contributed by atoms with Gasteiger partial charge >= 0.3 is 0 Å². The molecule has 4 nitrogen and oxygen atoms in total. The molecule has 19 heavy (non-hydrogen) atoms. The lowest BCUT2D eigenvalue weighted by atomic mass is 10.1. The molecule has 5 heteroatoms. The van der Waals surface area contributed by atoms with Gasteiger partial charge in [-0.2, -0.15) is 0 Å². The predicted octanol–water partition coefficient (Wildman–Crippen LogP) is 2.68. The Morgan fingerprint density at radius 1 is 1.26 bits per heavy atom. The van der Waals surface area contributed by atoms with Crippen molar-refractivity contribution in [2.24, 2.45) is 0 Å². The smallest absolute Gasteiger partial charge is 0.299 e. The van der Waals surface area contributed by atoms with Gasteiger partial charge in [0.2, 0.25) is 0 Å². The number of halogens is 1. The second-order valence-corrected chi connectivity index (χ2v) is 5.84. The third-order valence-electron chi connectivity index (χ3n) is 2.78. The van der Waals surface area contributed by atoms with Gasteiger partial charge in [0, 0.05) is 11.6 Å². The summed E-state index contributed by atoms with van der Waals surface area (Å²) in [6, 6.07) is 4.89. The molecule has 1 aromatic carbocycles. The van der Waals surface area contributed by atoms with E-state index in [1.165, 1.54) is 11.0 Å². The molecule has 0 radical (unpaired) electrons. The Morgan fingerprint density at radius 2 is 1.95 bits per heavy atom. The number of fused-ring (bicyclic) bond motifs is 1. The summed E-state index contributed by atoms with van der Waals surface area (Å²) < 4.78 is 5.58. The number of benzene rings is 1. The highest BCUT2D eigenvalue weighted by Gasteiger charge is 2.35. The second kappa shape index (κ2) is 4.94. The van der Waals surface area contributed by atoms with Gasteiger partial charge in [-0.3, -0.25) is 9.59 Å². The van der Waals surface area contributed by atoms with Gasteiger partial charge < -0.3 is 9.64 Å². The third-order valence-corrected chi connectivity index (χ3v) is 3.02. The van der Waals surface area contributed by atoms with Gasteiger partial charge in [-0.25, -0.2) is 0 Å². The Morgan fingerprint density at radius 3 is 2.58 bits per heavy atom. The van der Waals surface area contributed by atoms with E-state index in [1.54, 1.807) is 12.1 Å². The first-order chi connectivity index (χ1) is 8.79. The van der Waals surface area contributed by atoms with Crippen LogP contribution in [0.25, 0.3) is 0 Å². The fourth-order valence-electron chi connectivity index (χ4n) is 1.94. The summed E-state index contributed by atoms with van der Waals surface area (Å²) in [5.41, 5.74) is 0.709. The van der Waals surface area contributed by atoms with E-state index in [0.717, 1.165) is 0 Å². The minimum atomic E-state index is -0.519. The summed E-state index contributed by atoms with van der Waals surface area (Å²) in [5.74, 6) is -1.02. The van der Waals surface area contributed by atoms with Crippen LogP contribution in [-0.4, -0.2) is 30.4 Å². The maximum absolute atomic E-state index is 11.9. The van der Waals surface area contributed by atoms with E-state index in [9.17, 15) is 9.59 Å². The van der Waals surface area contributed by atoms with Gasteiger partial charge in [0.05, 0.1) is 23.5 Å². The average Bonchev–Trinajstić information content (AvgIpc) is 2.53. The van der Waals surface area contributed by atoms with Crippen molar-refractivity contribution in [3.8, 4) is 0 Å². The number of ether oxygens (including phenoxy) is 1. The summed E-state index contributed by atoms with van der Waals surface area (Å²) in [6.45, 7) is 6.56. The topological polar surface area (TPSA) is 46.6 Å². The van der Waals surface area contributed by atoms with Crippen LogP contribution in [0.5, 0.6) is 0 Å². The molecule has 0 bridgehead atoms. The molecule has 0 aromatic heterocycles. The van der Waals surface area contributed by atoms with Crippen molar-refractivity contribution in [1.82, 2.24) is 0 Å². The van der Waals surface area contributed by atoms with E-state index >= 15 is 0 Å². The molecule has 0 spiro atoms. The number of rotatable bonds is 3. The predicted molar refractivity (Wildman–Crippen MR) is 73.8 cm³/mol. The molecule has 0 fully saturated rings. The Kier molecular flexibility index (Phi) is 3.65. The molecule has 102 valence electrons. The zero-order valence-electron chi connectivity index (χ0n) is 11.2. The first-order valence-electron chi connectivity index (χ1n) is 6.09. The lowest BCUT2D eigenvalue weighted by Crippen LogP contribution is -2.34. The van der Waals surface area contributed by atoms with E-state index in [-0.39, 0.29) is 5.60 Å². The highest BCUT2D eigenvalue weighted by atomic mass is 35.5. The van der Waals surface area contributed by atoms with E-state index in [2.05, 4.69) is 0 Å². The number of Topliss-reactive ketones (excluding diaryl/α,β-unsaturated/α-hetero) is 1. The normalized spacial score (nSPS) is 15.1. The van der Waals surface area contributed by atoms with Gasteiger partial charge in [-0.1, -0.05) is 11.6 Å². The molecule has 1 aliphatic heterocycles. The Bertz CT molecular complexity index is 534. The third kappa shape index (κ3) is 2.96. The maximum atomic E-state index is 11.9. The van der Waals surface area contributed by atoms with Crippen molar-refractivity contribution in [2.45, 2.75) is 26.4 Å². The highest BCUT2D eigenvalue weighted by molar-refractivity contribution is 6.52. The maximum Gasteiger partial charge on any atom is 0.299 e. The fourth-order valence-corrected chi connectivity index (χ4v) is 2.11. The molecule has 1 amide bonds. The number of hydrogen-bond donors (Lipinski definition) is 0. The number of anilines is 1. The summed E-state index contributed by atoms with van der Waals surface area (Å²) in [6.07, 6.45) is 0. The van der Waals surface area contributed by atoms with Crippen LogP contribution in [0.1, 0.15) is 31.1 Å².